The first-order chi connectivity index (χ1) is 11.2. The Morgan fingerprint density at radius 1 is 1.04 bits per heavy atom. The number of para-hydroxylation sites is 1. The van der Waals surface area contributed by atoms with Gasteiger partial charge in [0.1, 0.15) is 0 Å². The topological polar surface area (TPSA) is 46.9 Å². The average molecular weight is 326 g/mol. The van der Waals surface area contributed by atoms with Crippen molar-refractivity contribution < 1.29 is 4.79 Å². The van der Waals surface area contributed by atoms with Gasteiger partial charge in [0.15, 0.2) is 5.69 Å². The Hall–Kier alpha value is -2.59. The number of halogens is 1. The summed E-state index contributed by atoms with van der Waals surface area (Å²) in [5, 5.41) is 7.90. The van der Waals surface area contributed by atoms with Gasteiger partial charge in [-0.05, 0) is 42.3 Å². The summed E-state index contributed by atoms with van der Waals surface area (Å²) < 4.78 is 1.69. The Morgan fingerprint density at radius 2 is 1.78 bits per heavy atom. The highest BCUT2D eigenvalue weighted by molar-refractivity contribution is 6.30. The van der Waals surface area contributed by atoms with Gasteiger partial charge in [0.05, 0.1) is 5.69 Å². The van der Waals surface area contributed by atoms with Gasteiger partial charge in [-0.2, -0.15) is 5.10 Å². The zero-order chi connectivity index (χ0) is 16.1. The first-order valence-corrected chi connectivity index (χ1v) is 7.74. The molecule has 4 nitrogen and oxygen atoms in total. The number of nitrogens with zero attached hydrogens (tertiary/aromatic N) is 2. The summed E-state index contributed by atoms with van der Waals surface area (Å²) in [6.45, 7) is 0.554. The first kappa shape index (κ1) is 15.3. The summed E-state index contributed by atoms with van der Waals surface area (Å²) in [5.41, 5.74) is 2.46. The molecule has 0 saturated heterocycles. The minimum atomic E-state index is -0.173. The molecule has 1 N–H and O–H groups in total. The second kappa shape index (κ2) is 7.11. The first-order valence-electron chi connectivity index (χ1n) is 7.36. The van der Waals surface area contributed by atoms with E-state index in [2.05, 4.69) is 10.4 Å². The smallest absolute Gasteiger partial charge is 0.271 e. The van der Waals surface area contributed by atoms with Gasteiger partial charge in [-0.3, -0.25) is 4.79 Å². The molecule has 0 radical (unpaired) electrons. The highest BCUT2D eigenvalue weighted by Gasteiger charge is 2.09. The lowest BCUT2D eigenvalue weighted by atomic mass is 10.1. The van der Waals surface area contributed by atoms with E-state index >= 15 is 0 Å². The molecule has 1 amide bonds. The molecule has 0 fully saturated rings. The Balaban J connectivity index is 1.56. The lowest BCUT2D eigenvalue weighted by Gasteiger charge is -2.04. The van der Waals surface area contributed by atoms with E-state index in [4.69, 9.17) is 11.6 Å². The molecule has 3 rings (SSSR count). The fraction of sp³-hybridized carbons (Fsp3) is 0.111. The molecule has 23 heavy (non-hydrogen) atoms. The molecule has 0 aliphatic heterocycles. The van der Waals surface area contributed by atoms with E-state index in [0.29, 0.717) is 17.3 Å². The molecule has 0 saturated carbocycles. The van der Waals surface area contributed by atoms with Crippen molar-refractivity contribution >= 4 is 17.5 Å². The van der Waals surface area contributed by atoms with Crippen LogP contribution in [0.15, 0.2) is 66.9 Å². The van der Waals surface area contributed by atoms with Crippen LogP contribution in [0.5, 0.6) is 0 Å². The third-order valence-corrected chi connectivity index (χ3v) is 3.71. The predicted molar refractivity (Wildman–Crippen MR) is 91.1 cm³/mol. The zero-order valence-corrected chi connectivity index (χ0v) is 13.2. The summed E-state index contributed by atoms with van der Waals surface area (Å²) >= 11 is 5.85. The van der Waals surface area contributed by atoms with Crippen LogP contribution in [0, 0.1) is 0 Å². The minimum absolute atomic E-state index is 0.173. The lowest BCUT2D eigenvalue weighted by molar-refractivity contribution is 0.0948. The summed E-state index contributed by atoms with van der Waals surface area (Å²) in [4.78, 5) is 12.1. The number of hydrogen-bond acceptors (Lipinski definition) is 2. The highest BCUT2D eigenvalue weighted by Crippen LogP contribution is 2.10. The zero-order valence-electron chi connectivity index (χ0n) is 12.4. The maximum Gasteiger partial charge on any atom is 0.271 e. The molecule has 2 aromatic carbocycles. The van der Waals surface area contributed by atoms with Gasteiger partial charge in [-0.15, -0.1) is 0 Å². The van der Waals surface area contributed by atoms with Crippen LogP contribution in [0.4, 0.5) is 0 Å². The van der Waals surface area contributed by atoms with Gasteiger partial charge in [0.25, 0.3) is 5.91 Å². The molecule has 1 aromatic heterocycles. The molecular formula is C18H16ClN3O. The predicted octanol–water partition coefficient (Wildman–Crippen LogP) is 3.50. The number of carbonyl (C=O) groups excluding carboxylic acids is 1. The number of benzene rings is 2. The van der Waals surface area contributed by atoms with Crippen molar-refractivity contribution in [1.29, 1.82) is 0 Å². The van der Waals surface area contributed by atoms with Crippen molar-refractivity contribution in [2.75, 3.05) is 6.54 Å². The molecule has 3 aromatic rings. The number of hydrogen-bond donors (Lipinski definition) is 1. The maximum atomic E-state index is 12.1. The second-order valence-electron chi connectivity index (χ2n) is 5.11. The van der Waals surface area contributed by atoms with Crippen LogP contribution in [0.3, 0.4) is 0 Å². The molecule has 1 heterocycles. The van der Waals surface area contributed by atoms with Gasteiger partial charge in [-0.1, -0.05) is 41.9 Å². The molecule has 0 unspecified atom stereocenters. The van der Waals surface area contributed by atoms with E-state index in [9.17, 15) is 4.79 Å². The van der Waals surface area contributed by atoms with Crippen LogP contribution in [0.2, 0.25) is 5.02 Å². The lowest BCUT2D eigenvalue weighted by Crippen LogP contribution is -2.26. The van der Waals surface area contributed by atoms with Crippen LogP contribution in [-0.2, 0) is 6.42 Å². The fourth-order valence-electron chi connectivity index (χ4n) is 2.23. The van der Waals surface area contributed by atoms with Gasteiger partial charge in [0, 0.05) is 17.8 Å². The normalized spacial score (nSPS) is 10.5. The third kappa shape index (κ3) is 3.99. The number of amides is 1. The summed E-state index contributed by atoms with van der Waals surface area (Å²) in [7, 11) is 0. The second-order valence-corrected chi connectivity index (χ2v) is 5.55. The molecule has 0 spiro atoms. The molecular weight excluding hydrogens is 310 g/mol. The number of nitrogens with one attached hydrogen (secondary N) is 1. The van der Waals surface area contributed by atoms with E-state index in [-0.39, 0.29) is 5.91 Å². The Kier molecular flexibility index (Phi) is 4.74. The highest BCUT2D eigenvalue weighted by atomic mass is 35.5. The largest absolute Gasteiger partial charge is 0.350 e. The monoisotopic (exact) mass is 325 g/mol. The Morgan fingerprint density at radius 3 is 2.52 bits per heavy atom. The van der Waals surface area contributed by atoms with Crippen molar-refractivity contribution in [3.05, 3.63) is 83.1 Å². The maximum absolute atomic E-state index is 12.1. The van der Waals surface area contributed by atoms with E-state index in [0.717, 1.165) is 17.7 Å². The van der Waals surface area contributed by atoms with Crippen LogP contribution >= 0.6 is 11.6 Å². The van der Waals surface area contributed by atoms with Crippen LogP contribution in [-0.4, -0.2) is 22.2 Å². The van der Waals surface area contributed by atoms with E-state index in [1.807, 2.05) is 54.6 Å². The van der Waals surface area contributed by atoms with Gasteiger partial charge >= 0.3 is 0 Å². The molecule has 0 aliphatic rings. The number of carbonyl (C=O) groups is 1. The summed E-state index contributed by atoms with van der Waals surface area (Å²) in [5.74, 6) is -0.173. The van der Waals surface area contributed by atoms with Crippen LogP contribution in [0.25, 0.3) is 5.69 Å². The van der Waals surface area contributed by atoms with Crippen molar-refractivity contribution in [2.24, 2.45) is 0 Å². The molecule has 0 atom stereocenters. The quantitative estimate of drug-likeness (QED) is 0.780. The van der Waals surface area contributed by atoms with Gasteiger partial charge in [-0.25, -0.2) is 4.68 Å². The number of rotatable bonds is 5. The van der Waals surface area contributed by atoms with E-state index in [1.54, 1.807) is 16.9 Å². The SMILES string of the molecule is O=C(NCCc1ccc(Cl)cc1)c1ccn(-c2ccccc2)n1. The minimum Gasteiger partial charge on any atom is -0.350 e. The average Bonchev–Trinajstić information content (AvgIpc) is 3.07. The summed E-state index contributed by atoms with van der Waals surface area (Å²) in [6.07, 6.45) is 2.53. The molecule has 0 bridgehead atoms. The van der Waals surface area contributed by atoms with Crippen LogP contribution in [0.1, 0.15) is 16.1 Å². The van der Waals surface area contributed by atoms with Crippen molar-refractivity contribution in [3.8, 4) is 5.69 Å². The van der Waals surface area contributed by atoms with E-state index < -0.39 is 0 Å². The number of aromatic nitrogens is 2. The van der Waals surface area contributed by atoms with Gasteiger partial charge < -0.3 is 5.32 Å². The van der Waals surface area contributed by atoms with Crippen molar-refractivity contribution in [3.63, 3.8) is 0 Å². The van der Waals surface area contributed by atoms with Crippen LogP contribution < -0.4 is 5.32 Å². The molecule has 116 valence electrons. The van der Waals surface area contributed by atoms with E-state index in [1.165, 1.54) is 0 Å². The fourth-order valence-corrected chi connectivity index (χ4v) is 2.36. The standard InChI is InChI=1S/C18H16ClN3O/c19-15-8-6-14(7-9-15)10-12-20-18(23)17-11-13-22(21-17)16-4-2-1-3-5-16/h1-9,11,13H,10,12H2,(H,20,23). The van der Waals surface area contributed by atoms with Crippen molar-refractivity contribution in [2.45, 2.75) is 6.42 Å². The Bertz CT molecular complexity index is 782. The molecule has 0 aliphatic carbocycles. The Labute approximate surface area is 139 Å². The van der Waals surface area contributed by atoms with Crippen molar-refractivity contribution in [1.82, 2.24) is 15.1 Å². The van der Waals surface area contributed by atoms with Gasteiger partial charge in [0.2, 0.25) is 0 Å². The molecule has 5 heteroatoms. The third-order valence-electron chi connectivity index (χ3n) is 3.45. The summed E-state index contributed by atoms with van der Waals surface area (Å²) in [6, 6.07) is 19.0.